The van der Waals surface area contributed by atoms with Crippen molar-refractivity contribution in [3.8, 4) is 0 Å². The Balaban J connectivity index is 1.60. The minimum Gasteiger partial charge on any atom is -0.293 e. The lowest BCUT2D eigenvalue weighted by Gasteiger charge is -2.35. The third-order valence-electron chi connectivity index (χ3n) is 6.03. The van der Waals surface area contributed by atoms with Gasteiger partial charge in [0.1, 0.15) is 0 Å². The molecule has 2 unspecified atom stereocenters. The zero-order valence-electron chi connectivity index (χ0n) is 14.9. The lowest BCUT2D eigenvalue weighted by Crippen LogP contribution is -2.40. The Morgan fingerprint density at radius 3 is 2.37 bits per heavy atom. The second-order valence-corrected chi connectivity index (χ2v) is 9.49. The SMILES string of the molecule is Cc1ccc(S(=O)(=O)N2CC3=C(c4ccccc4)C(=O)C4C=CC34C2)cc1. The van der Waals surface area contributed by atoms with Crippen LogP contribution in [-0.2, 0) is 14.8 Å². The van der Waals surface area contributed by atoms with E-state index < -0.39 is 15.4 Å². The van der Waals surface area contributed by atoms with E-state index in [-0.39, 0.29) is 18.2 Å². The molecule has 3 aliphatic rings. The number of Topliss-reactive ketones (excluding diaryl/α,β-unsaturated/α-hetero) is 1. The summed E-state index contributed by atoms with van der Waals surface area (Å²) in [6, 6.07) is 16.5. The van der Waals surface area contributed by atoms with Crippen molar-refractivity contribution in [3.63, 3.8) is 0 Å². The first kappa shape index (κ1) is 16.7. The Hall–Kier alpha value is -2.50. The highest BCUT2D eigenvalue weighted by Crippen LogP contribution is 2.59. The average Bonchev–Trinajstić information content (AvgIpc) is 3.11. The standard InChI is InChI=1S/C22H19NO3S/c1-15-7-9-17(10-8-15)27(25,26)23-13-19-20(16-5-3-2-4-6-16)21(24)18-11-12-22(18,19)14-23/h2-12,18H,13-14H2,1H3. The Bertz CT molecular complexity index is 1110. The van der Waals surface area contributed by atoms with Gasteiger partial charge in [0.25, 0.3) is 0 Å². The van der Waals surface area contributed by atoms with E-state index >= 15 is 0 Å². The predicted molar refractivity (Wildman–Crippen MR) is 103 cm³/mol. The van der Waals surface area contributed by atoms with Crippen LogP contribution in [-0.4, -0.2) is 31.6 Å². The smallest absolute Gasteiger partial charge is 0.243 e. The van der Waals surface area contributed by atoms with Crippen LogP contribution in [0.3, 0.4) is 0 Å². The van der Waals surface area contributed by atoms with Crippen molar-refractivity contribution >= 4 is 21.4 Å². The van der Waals surface area contributed by atoms with Gasteiger partial charge in [-0.1, -0.05) is 60.2 Å². The van der Waals surface area contributed by atoms with Gasteiger partial charge in [0.2, 0.25) is 10.0 Å². The molecule has 2 aromatic rings. The number of aryl methyl sites for hydroxylation is 1. The van der Waals surface area contributed by atoms with Crippen LogP contribution in [0.15, 0.2) is 77.2 Å². The minimum atomic E-state index is -3.59. The highest BCUT2D eigenvalue weighted by molar-refractivity contribution is 7.89. The van der Waals surface area contributed by atoms with Gasteiger partial charge in [-0.3, -0.25) is 4.79 Å². The van der Waals surface area contributed by atoms with E-state index in [2.05, 4.69) is 0 Å². The molecule has 5 heteroatoms. The summed E-state index contributed by atoms with van der Waals surface area (Å²) in [5.41, 5.74) is 3.09. The van der Waals surface area contributed by atoms with Gasteiger partial charge in [0.05, 0.1) is 10.8 Å². The molecule has 1 aliphatic heterocycles. The van der Waals surface area contributed by atoms with Crippen molar-refractivity contribution in [2.45, 2.75) is 11.8 Å². The number of sulfonamides is 1. The third kappa shape index (κ3) is 2.19. The first-order valence-electron chi connectivity index (χ1n) is 9.03. The second-order valence-electron chi connectivity index (χ2n) is 7.55. The normalized spacial score (nSPS) is 26.9. The van der Waals surface area contributed by atoms with Gasteiger partial charge in [0, 0.05) is 24.1 Å². The zero-order valence-corrected chi connectivity index (χ0v) is 15.7. The molecule has 136 valence electrons. The third-order valence-corrected chi connectivity index (χ3v) is 7.83. The first-order valence-corrected chi connectivity index (χ1v) is 10.5. The van der Waals surface area contributed by atoms with Crippen LogP contribution in [0.5, 0.6) is 0 Å². The number of rotatable bonds is 3. The van der Waals surface area contributed by atoms with E-state index in [9.17, 15) is 13.2 Å². The molecule has 2 aromatic carbocycles. The fraction of sp³-hybridized carbons (Fsp3) is 0.227. The molecule has 0 radical (unpaired) electrons. The summed E-state index contributed by atoms with van der Waals surface area (Å²) in [5, 5.41) is 0. The van der Waals surface area contributed by atoms with Gasteiger partial charge in [-0.25, -0.2) is 8.42 Å². The Morgan fingerprint density at radius 1 is 1.04 bits per heavy atom. The summed E-state index contributed by atoms with van der Waals surface area (Å²) in [4.78, 5) is 13.3. The largest absolute Gasteiger partial charge is 0.293 e. The quantitative estimate of drug-likeness (QED) is 0.772. The molecule has 0 aromatic heterocycles. The Kier molecular flexibility index (Phi) is 3.39. The molecule has 4 nitrogen and oxygen atoms in total. The maximum atomic E-state index is 13.2. The van der Waals surface area contributed by atoms with Gasteiger partial charge in [-0.05, 0) is 30.2 Å². The number of carbonyl (C=O) groups excluding carboxylic acids is 1. The van der Waals surface area contributed by atoms with Gasteiger partial charge >= 0.3 is 0 Å². The van der Waals surface area contributed by atoms with Crippen molar-refractivity contribution in [2.24, 2.45) is 11.3 Å². The van der Waals surface area contributed by atoms with Gasteiger partial charge in [0.15, 0.2) is 5.78 Å². The van der Waals surface area contributed by atoms with E-state index in [1.807, 2.05) is 61.5 Å². The van der Waals surface area contributed by atoms with E-state index in [4.69, 9.17) is 0 Å². The number of hydrogen-bond donors (Lipinski definition) is 0. The van der Waals surface area contributed by atoms with E-state index in [1.54, 1.807) is 12.1 Å². The molecule has 5 rings (SSSR count). The summed E-state index contributed by atoms with van der Waals surface area (Å²) >= 11 is 0. The van der Waals surface area contributed by atoms with Crippen LogP contribution >= 0.6 is 0 Å². The van der Waals surface area contributed by atoms with Crippen molar-refractivity contribution in [1.82, 2.24) is 4.31 Å². The maximum Gasteiger partial charge on any atom is 0.243 e. The summed E-state index contributed by atoms with van der Waals surface area (Å²) in [6.07, 6.45) is 3.94. The summed E-state index contributed by atoms with van der Waals surface area (Å²) in [5.74, 6) is -0.119. The van der Waals surface area contributed by atoms with Gasteiger partial charge in [-0.15, -0.1) is 0 Å². The highest BCUT2D eigenvalue weighted by Gasteiger charge is 2.61. The van der Waals surface area contributed by atoms with Crippen LogP contribution in [0.4, 0.5) is 0 Å². The van der Waals surface area contributed by atoms with Crippen LogP contribution in [0, 0.1) is 18.3 Å². The molecule has 0 amide bonds. The topological polar surface area (TPSA) is 54.5 Å². The number of ketones is 1. The van der Waals surface area contributed by atoms with Crippen molar-refractivity contribution in [3.05, 3.63) is 83.4 Å². The van der Waals surface area contributed by atoms with Crippen LogP contribution < -0.4 is 0 Å². The van der Waals surface area contributed by atoms with Crippen LogP contribution in [0.2, 0.25) is 0 Å². The number of carbonyl (C=O) groups is 1. The first-order chi connectivity index (χ1) is 12.9. The number of nitrogens with zero attached hydrogens (tertiary/aromatic N) is 1. The van der Waals surface area contributed by atoms with Gasteiger partial charge in [-0.2, -0.15) is 4.31 Å². The molecule has 2 aliphatic carbocycles. The van der Waals surface area contributed by atoms with Crippen LogP contribution in [0.1, 0.15) is 11.1 Å². The Morgan fingerprint density at radius 2 is 1.74 bits per heavy atom. The number of allylic oxidation sites excluding steroid dienone is 2. The number of hydrogen-bond acceptors (Lipinski definition) is 3. The fourth-order valence-electron chi connectivity index (χ4n) is 4.52. The minimum absolute atomic E-state index is 0.117. The zero-order chi connectivity index (χ0) is 18.8. The van der Waals surface area contributed by atoms with Gasteiger partial charge < -0.3 is 0 Å². The van der Waals surface area contributed by atoms with Crippen molar-refractivity contribution in [2.75, 3.05) is 13.1 Å². The fourth-order valence-corrected chi connectivity index (χ4v) is 5.98. The molecule has 1 fully saturated rings. The molecule has 1 heterocycles. The molecule has 1 spiro atoms. The Labute approximate surface area is 158 Å². The summed E-state index contributed by atoms with van der Waals surface area (Å²) in [6.45, 7) is 2.54. The molecular weight excluding hydrogens is 358 g/mol. The summed E-state index contributed by atoms with van der Waals surface area (Å²) in [7, 11) is -3.59. The molecular formula is C22H19NO3S. The highest BCUT2D eigenvalue weighted by atomic mass is 32.2. The molecule has 27 heavy (non-hydrogen) atoms. The predicted octanol–water partition coefficient (Wildman–Crippen LogP) is 3.21. The van der Waals surface area contributed by atoms with Crippen molar-refractivity contribution in [1.29, 1.82) is 0 Å². The molecule has 0 saturated carbocycles. The molecule has 1 saturated heterocycles. The van der Waals surface area contributed by atoms with Crippen LogP contribution in [0.25, 0.3) is 5.57 Å². The van der Waals surface area contributed by atoms with E-state index in [1.165, 1.54) is 4.31 Å². The average molecular weight is 377 g/mol. The van der Waals surface area contributed by atoms with E-state index in [0.717, 1.165) is 16.7 Å². The molecule has 0 bridgehead atoms. The van der Waals surface area contributed by atoms with E-state index in [0.29, 0.717) is 17.0 Å². The summed E-state index contributed by atoms with van der Waals surface area (Å²) < 4.78 is 27.9. The molecule has 0 N–H and O–H groups in total. The molecule has 2 atom stereocenters. The lowest BCUT2D eigenvalue weighted by molar-refractivity contribution is -0.117. The van der Waals surface area contributed by atoms with Crippen molar-refractivity contribution < 1.29 is 13.2 Å². The maximum absolute atomic E-state index is 13.2. The number of benzene rings is 2. The lowest BCUT2D eigenvalue weighted by atomic mass is 9.67. The monoisotopic (exact) mass is 377 g/mol. The second kappa shape index (κ2) is 5.50.